The maximum Gasteiger partial charge on any atom is 0.238 e. The third kappa shape index (κ3) is 1.64. The minimum atomic E-state index is -0.521. The molecule has 2 aromatic rings. The molecule has 14 heavy (non-hydrogen) atoms. The van der Waals surface area contributed by atoms with Gasteiger partial charge in [0.25, 0.3) is 0 Å². The molecule has 0 saturated carbocycles. The Balaban J connectivity index is 2.40. The van der Waals surface area contributed by atoms with E-state index in [9.17, 15) is 10.1 Å². The molecule has 0 aliphatic carbocycles. The van der Waals surface area contributed by atoms with Crippen LogP contribution in [0.25, 0.3) is 17.0 Å². The highest BCUT2D eigenvalue weighted by Crippen LogP contribution is 2.19. The molecule has 4 nitrogen and oxygen atoms in total. The van der Waals surface area contributed by atoms with Crippen molar-refractivity contribution in [2.75, 3.05) is 0 Å². The summed E-state index contributed by atoms with van der Waals surface area (Å²) in [4.78, 5) is 9.54. The molecule has 0 atom stereocenters. The molecule has 1 aromatic heterocycles. The van der Waals surface area contributed by atoms with E-state index in [0.717, 1.165) is 17.2 Å². The monoisotopic (exact) mass is 189 g/mol. The van der Waals surface area contributed by atoms with Gasteiger partial charge in [0.15, 0.2) is 0 Å². The Morgan fingerprint density at radius 2 is 2.14 bits per heavy atom. The van der Waals surface area contributed by atoms with Crippen molar-refractivity contribution in [2.45, 2.75) is 0 Å². The van der Waals surface area contributed by atoms with Crippen LogP contribution in [0.5, 0.6) is 0 Å². The first-order chi connectivity index (χ1) is 6.75. The smallest absolute Gasteiger partial charge is 0.238 e. The Bertz CT molecular complexity index is 466. The summed E-state index contributed by atoms with van der Waals surface area (Å²) in [7, 11) is 0. The first kappa shape index (κ1) is 8.50. The summed E-state index contributed by atoms with van der Waals surface area (Å²) < 4.78 is 5.33. The summed E-state index contributed by atoms with van der Waals surface area (Å²) in [6.07, 6.45) is 2.19. The van der Waals surface area contributed by atoms with Gasteiger partial charge < -0.3 is 4.42 Å². The van der Waals surface area contributed by atoms with Crippen molar-refractivity contribution >= 4 is 17.0 Å². The van der Waals surface area contributed by atoms with Crippen molar-refractivity contribution < 1.29 is 9.34 Å². The Morgan fingerprint density at radius 1 is 1.36 bits per heavy atom. The fraction of sp³-hybridized carbons (Fsp3) is 0. The molecule has 1 heterocycles. The molecule has 0 aliphatic rings. The SMILES string of the molecule is O=[N+]([O-])/C=C/c1cc2ccccc2o1. The van der Waals surface area contributed by atoms with E-state index in [1.54, 1.807) is 6.07 Å². The fourth-order valence-corrected chi connectivity index (χ4v) is 1.22. The van der Waals surface area contributed by atoms with Crippen LogP contribution in [0.1, 0.15) is 5.76 Å². The summed E-state index contributed by atoms with van der Waals surface area (Å²) in [6.45, 7) is 0. The van der Waals surface area contributed by atoms with Gasteiger partial charge in [-0.05, 0) is 12.1 Å². The van der Waals surface area contributed by atoms with Crippen molar-refractivity contribution in [3.63, 3.8) is 0 Å². The Hall–Kier alpha value is -2.10. The van der Waals surface area contributed by atoms with Gasteiger partial charge in [0, 0.05) is 5.39 Å². The summed E-state index contributed by atoms with van der Waals surface area (Å²) in [5.74, 6) is 0.489. The predicted molar refractivity (Wildman–Crippen MR) is 52.2 cm³/mol. The van der Waals surface area contributed by atoms with Gasteiger partial charge in [-0.2, -0.15) is 0 Å². The molecule has 70 valence electrons. The second-order valence-electron chi connectivity index (χ2n) is 2.79. The fourth-order valence-electron chi connectivity index (χ4n) is 1.22. The summed E-state index contributed by atoms with van der Waals surface area (Å²) in [6, 6.07) is 9.21. The van der Waals surface area contributed by atoms with Gasteiger partial charge >= 0.3 is 0 Å². The summed E-state index contributed by atoms with van der Waals surface area (Å²) >= 11 is 0. The molecule has 0 amide bonds. The summed E-state index contributed by atoms with van der Waals surface area (Å²) in [5.41, 5.74) is 0.732. The quantitative estimate of drug-likeness (QED) is 0.539. The molecule has 0 aliphatic heterocycles. The Morgan fingerprint density at radius 3 is 2.86 bits per heavy atom. The average molecular weight is 189 g/mol. The summed E-state index contributed by atoms with van der Waals surface area (Å²) in [5, 5.41) is 11.0. The van der Waals surface area contributed by atoms with Gasteiger partial charge in [-0.25, -0.2) is 0 Å². The van der Waals surface area contributed by atoms with Gasteiger partial charge in [0.2, 0.25) is 6.20 Å². The minimum absolute atomic E-state index is 0.489. The number of para-hydroxylation sites is 1. The molecule has 0 radical (unpaired) electrons. The minimum Gasteiger partial charge on any atom is -0.456 e. The highest BCUT2D eigenvalue weighted by Gasteiger charge is 2.00. The lowest BCUT2D eigenvalue weighted by Gasteiger charge is -1.82. The number of nitrogens with zero attached hydrogens (tertiary/aromatic N) is 1. The molecule has 0 bridgehead atoms. The normalized spacial score (nSPS) is 11.1. The van der Waals surface area contributed by atoms with Gasteiger partial charge in [-0.15, -0.1) is 0 Å². The molecule has 0 unspecified atom stereocenters. The van der Waals surface area contributed by atoms with Crippen LogP contribution in [-0.2, 0) is 0 Å². The van der Waals surface area contributed by atoms with Crippen molar-refractivity contribution in [2.24, 2.45) is 0 Å². The van der Waals surface area contributed by atoms with E-state index in [-0.39, 0.29) is 0 Å². The molecule has 0 N–H and O–H groups in total. The Labute approximate surface area is 79.6 Å². The highest BCUT2D eigenvalue weighted by molar-refractivity contribution is 5.79. The van der Waals surface area contributed by atoms with E-state index in [0.29, 0.717) is 5.76 Å². The molecule has 2 rings (SSSR count). The van der Waals surface area contributed by atoms with Crippen LogP contribution < -0.4 is 0 Å². The first-order valence-corrected chi connectivity index (χ1v) is 4.06. The molecule has 0 fully saturated rings. The average Bonchev–Trinajstić information content (AvgIpc) is 2.57. The van der Waals surface area contributed by atoms with E-state index < -0.39 is 4.92 Å². The first-order valence-electron chi connectivity index (χ1n) is 4.06. The molecule has 1 aromatic carbocycles. The third-order valence-electron chi connectivity index (χ3n) is 1.81. The maximum absolute atomic E-state index is 10.1. The predicted octanol–water partition coefficient (Wildman–Crippen LogP) is 2.68. The van der Waals surface area contributed by atoms with Gasteiger partial charge in [-0.3, -0.25) is 10.1 Å². The number of hydrogen-bond donors (Lipinski definition) is 0. The lowest BCUT2D eigenvalue weighted by Crippen LogP contribution is -1.80. The number of hydrogen-bond acceptors (Lipinski definition) is 3. The number of fused-ring (bicyclic) bond motifs is 1. The van der Waals surface area contributed by atoms with Gasteiger partial charge in [0.05, 0.1) is 11.0 Å². The van der Waals surface area contributed by atoms with Gasteiger partial charge in [-0.1, -0.05) is 18.2 Å². The maximum atomic E-state index is 10.1. The van der Waals surface area contributed by atoms with Gasteiger partial charge in [0.1, 0.15) is 11.3 Å². The van der Waals surface area contributed by atoms with Crippen molar-refractivity contribution in [3.8, 4) is 0 Å². The number of rotatable bonds is 2. The van der Waals surface area contributed by atoms with E-state index in [2.05, 4.69) is 0 Å². The number of nitro groups is 1. The standard InChI is InChI=1S/C10H7NO3/c12-11(13)6-5-9-7-8-3-1-2-4-10(8)14-9/h1-7H/b6-5+. The van der Waals surface area contributed by atoms with E-state index >= 15 is 0 Å². The zero-order valence-electron chi connectivity index (χ0n) is 7.21. The molecular weight excluding hydrogens is 182 g/mol. The topological polar surface area (TPSA) is 56.3 Å². The Kier molecular flexibility index (Phi) is 2.02. The number of furan rings is 1. The molecule has 4 heteroatoms. The van der Waals surface area contributed by atoms with E-state index in [1.807, 2.05) is 24.3 Å². The van der Waals surface area contributed by atoms with Crippen LogP contribution >= 0.6 is 0 Å². The second-order valence-corrected chi connectivity index (χ2v) is 2.79. The van der Waals surface area contributed by atoms with Crippen molar-refractivity contribution in [1.82, 2.24) is 0 Å². The molecule has 0 saturated heterocycles. The lowest BCUT2D eigenvalue weighted by molar-refractivity contribution is -0.401. The van der Waals surface area contributed by atoms with Crippen LogP contribution in [0.2, 0.25) is 0 Å². The van der Waals surface area contributed by atoms with Crippen LogP contribution in [-0.4, -0.2) is 4.92 Å². The molecule has 0 spiro atoms. The highest BCUT2D eigenvalue weighted by atomic mass is 16.6. The second kappa shape index (κ2) is 3.33. The third-order valence-corrected chi connectivity index (χ3v) is 1.81. The van der Waals surface area contributed by atoms with Crippen LogP contribution in [0.15, 0.2) is 40.9 Å². The lowest BCUT2D eigenvalue weighted by atomic mass is 10.2. The van der Waals surface area contributed by atoms with E-state index in [1.165, 1.54) is 6.08 Å². The molecular formula is C10H7NO3. The van der Waals surface area contributed by atoms with Crippen molar-refractivity contribution in [3.05, 3.63) is 52.4 Å². The van der Waals surface area contributed by atoms with Crippen LogP contribution in [0.3, 0.4) is 0 Å². The zero-order valence-corrected chi connectivity index (χ0v) is 7.21. The largest absolute Gasteiger partial charge is 0.456 e. The van der Waals surface area contributed by atoms with Crippen LogP contribution in [0.4, 0.5) is 0 Å². The number of benzene rings is 1. The van der Waals surface area contributed by atoms with Crippen LogP contribution in [0, 0.1) is 10.1 Å². The van der Waals surface area contributed by atoms with Crippen molar-refractivity contribution in [1.29, 1.82) is 0 Å². The zero-order chi connectivity index (χ0) is 9.97. The van der Waals surface area contributed by atoms with E-state index in [4.69, 9.17) is 4.42 Å².